The van der Waals surface area contributed by atoms with Gasteiger partial charge in [-0.15, -0.1) is 0 Å². The number of nitrogens with one attached hydrogen (secondary N) is 2. The molecule has 1 aromatic carbocycles. The summed E-state index contributed by atoms with van der Waals surface area (Å²) in [6.45, 7) is 0. The number of carbonyl (C=O) groups is 1. The number of anilines is 3. The van der Waals surface area contributed by atoms with E-state index in [-0.39, 0.29) is 35.9 Å². The molecule has 4 heterocycles. The molecular formula is C25H18F4N8O2. The standard InChI is InChI=1S/C25H18F4N8O2/c26-16-9-13(15-11-37(14-3-7-31-8-4-14)22-20(15)21(30)32-12-33-22)1-2-17(16)34-23(38)35-19-10-18(36-39-19)24(5-6-24)25(27,28)29/h1-4,7-12H,5-6H2,(H2,30,32,33)(H2,34,35,38). The van der Waals surface area contributed by atoms with Gasteiger partial charge in [-0.25, -0.2) is 19.2 Å². The van der Waals surface area contributed by atoms with Crippen molar-refractivity contribution in [3.8, 4) is 16.8 Å². The fourth-order valence-electron chi connectivity index (χ4n) is 4.42. The second-order valence-corrected chi connectivity index (χ2v) is 9.01. The maximum atomic E-state index is 15.1. The summed E-state index contributed by atoms with van der Waals surface area (Å²) in [5.74, 6) is -0.862. The Morgan fingerprint density at radius 2 is 1.85 bits per heavy atom. The van der Waals surface area contributed by atoms with Crippen LogP contribution < -0.4 is 16.4 Å². The van der Waals surface area contributed by atoms with E-state index < -0.39 is 23.4 Å². The summed E-state index contributed by atoms with van der Waals surface area (Å²) in [5.41, 5.74) is 5.87. The molecule has 1 saturated carbocycles. The van der Waals surface area contributed by atoms with E-state index in [1.807, 2.05) is 0 Å². The average molecular weight is 538 g/mol. The average Bonchev–Trinajstić information content (AvgIpc) is 3.45. The van der Waals surface area contributed by atoms with Crippen LogP contribution >= 0.6 is 0 Å². The molecule has 14 heteroatoms. The molecule has 198 valence electrons. The van der Waals surface area contributed by atoms with E-state index in [0.717, 1.165) is 11.8 Å². The number of nitrogens with zero attached hydrogens (tertiary/aromatic N) is 5. The lowest BCUT2D eigenvalue weighted by Gasteiger charge is -2.15. The van der Waals surface area contributed by atoms with Crippen LogP contribution in [-0.2, 0) is 5.41 Å². The van der Waals surface area contributed by atoms with Crippen LogP contribution in [-0.4, -0.2) is 36.9 Å². The second-order valence-electron chi connectivity index (χ2n) is 9.01. The highest BCUT2D eigenvalue weighted by Gasteiger charge is 2.66. The molecular weight excluding hydrogens is 520 g/mol. The van der Waals surface area contributed by atoms with Gasteiger partial charge in [0.1, 0.15) is 29.1 Å². The van der Waals surface area contributed by atoms with Gasteiger partial charge in [-0.2, -0.15) is 13.2 Å². The number of urea groups is 1. The van der Waals surface area contributed by atoms with E-state index >= 15 is 4.39 Å². The Bertz CT molecular complexity index is 1710. The minimum atomic E-state index is -4.48. The summed E-state index contributed by atoms with van der Waals surface area (Å²) in [4.78, 5) is 24.8. The van der Waals surface area contributed by atoms with Crippen LogP contribution in [0.2, 0.25) is 0 Å². The molecule has 0 saturated heterocycles. The molecule has 4 N–H and O–H groups in total. The minimum absolute atomic E-state index is 0.106. The predicted molar refractivity (Wildman–Crippen MR) is 133 cm³/mol. The van der Waals surface area contributed by atoms with Gasteiger partial charge in [0.05, 0.1) is 16.8 Å². The van der Waals surface area contributed by atoms with E-state index in [1.54, 1.807) is 41.4 Å². The Labute approximate surface area is 216 Å². The molecule has 6 rings (SSSR count). The van der Waals surface area contributed by atoms with Crippen molar-refractivity contribution in [2.75, 3.05) is 16.4 Å². The number of nitrogens with two attached hydrogens (primary N) is 1. The van der Waals surface area contributed by atoms with Crippen molar-refractivity contribution in [3.63, 3.8) is 0 Å². The number of pyridine rings is 1. The van der Waals surface area contributed by atoms with Crippen molar-refractivity contribution in [3.05, 3.63) is 72.8 Å². The lowest BCUT2D eigenvalue weighted by Crippen LogP contribution is -2.28. The van der Waals surface area contributed by atoms with E-state index in [1.165, 1.54) is 18.5 Å². The number of fused-ring (bicyclic) bond motifs is 1. The summed E-state index contributed by atoms with van der Waals surface area (Å²) in [7, 11) is 0. The zero-order valence-electron chi connectivity index (χ0n) is 19.8. The highest BCUT2D eigenvalue weighted by Crippen LogP contribution is 2.58. The number of carbonyl (C=O) groups excluding carboxylic acids is 1. The number of hydrogen-bond acceptors (Lipinski definition) is 7. The molecule has 0 atom stereocenters. The van der Waals surface area contributed by atoms with E-state index in [0.29, 0.717) is 22.2 Å². The van der Waals surface area contributed by atoms with E-state index in [9.17, 15) is 18.0 Å². The Kier molecular flexibility index (Phi) is 5.48. The fourth-order valence-corrected chi connectivity index (χ4v) is 4.42. The van der Waals surface area contributed by atoms with Gasteiger partial charge in [0.25, 0.3) is 0 Å². The third-order valence-electron chi connectivity index (χ3n) is 6.61. The molecule has 2 amide bonds. The van der Waals surface area contributed by atoms with Crippen molar-refractivity contribution in [2.24, 2.45) is 0 Å². The second kappa shape index (κ2) is 8.79. The van der Waals surface area contributed by atoms with Gasteiger partial charge in [-0.05, 0) is 42.7 Å². The topological polar surface area (TPSA) is 137 Å². The molecule has 1 aliphatic rings. The van der Waals surface area contributed by atoms with Gasteiger partial charge in [0.2, 0.25) is 5.88 Å². The molecule has 0 aliphatic heterocycles. The van der Waals surface area contributed by atoms with E-state index in [4.69, 9.17) is 10.3 Å². The van der Waals surface area contributed by atoms with Gasteiger partial charge in [0, 0.05) is 30.2 Å². The normalized spacial score (nSPS) is 14.4. The molecule has 0 radical (unpaired) electrons. The van der Waals surface area contributed by atoms with Gasteiger partial charge < -0.3 is 20.1 Å². The van der Waals surface area contributed by atoms with Crippen LogP contribution in [0.3, 0.4) is 0 Å². The van der Waals surface area contributed by atoms with Crippen LogP contribution in [0.5, 0.6) is 0 Å². The minimum Gasteiger partial charge on any atom is -0.383 e. The number of aromatic nitrogens is 5. The Morgan fingerprint density at radius 3 is 2.54 bits per heavy atom. The molecule has 1 aliphatic carbocycles. The van der Waals surface area contributed by atoms with Gasteiger partial charge >= 0.3 is 12.2 Å². The maximum Gasteiger partial charge on any atom is 0.400 e. The number of alkyl halides is 3. The molecule has 4 aromatic heterocycles. The summed E-state index contributed by atoms with van der Waals surface area (Å²) >= 11 is 0. The Hall–Kier alpha value is -5.01. The number of rotatable bonds is 5. The number of amides is 2. The number of benzene rings is 1. The van der Waals surface area contributed by atoms with Crippen molar-refractivity contribution in [2.45, 2.75) is 24.4 Å². The van der Waals surface area contributed by atoms with Crippen molar-refractivity contribution in [1.82, 2.24) is 24.7 Å². The molecule has 1 fully saturated rings. The van der Waals surface area contributed by atoms with Crippen LogP contribution in [0.1, 0.15) is 18.5 Å². The zero-order valence-corrected chi connectivity index (χ0v) is 19.8. The summed E-state index contributed by atoms with van der Waals surface area (Å²) in [5, 5.41) is 8.52. The predicted octanol–water partition coefficient (Wildman–Crippen LogP) is 5.43. The van der Waals surface area contributed by atoms with Crippen LogP contribution in [0.15, 0.2) is 65.8 Å². The zero-order chi connectivity index (χ0) is 27.4. The highest BCUT2D eigenvalue weighted by atomic mass is 19.4. The number of nitrogen functional groups attached to an aromatic ring is 1. The quantitative estimate of drug-likeness (QED) is 0.254. The number of hydrogen-bond donors (Lipinski definition) is 3. The highest BCUT2D eigenvalue weighted by molar-refractivity contribution is 6.02. The fraction of sp³-hybridized carbons (Fsp3) is 0.160. The smallest absolute Gasteiger partial charge is 0.383 e. The molecule has 0 unspecified atom stereocenters. The first-order valence-corrected chi connectivity index (χ1v) is 11.6. The van der Waals surface area contributed by atoms with Crippen LogP contribution in [0, 0.1) is 5.82 Å². The van der Waals surface area contributed by atoms with Gasteiger partial charge in [-0.1, -0.05) is 11.2 Å². The van der Waals surface area contributed by atoms with Gasteiger partial charge in [-0.3, -0.25) is 10.3 Å². The first-order valence-electron chi connectivity index (χ1n) is 11.6. The molecule has 0 spiro atoms. The Balaban J connectivity index is 1.24. The number of halogens is 4. The molecule has 39 heavy (non-hydrogen) atoms. The lowest BCUT2D eigenvalue weighted by molar-refractivity contribution is -0.161. The maximum absolute atomic E-state index is 15.1. The van der Waals surface area contributed by atoms with Gasteiger partial charge in [0.15, 0.2) is 5.65 Å². The molecule has 10 nitrogen and oxygen atoms in total. The van der Waals surface area contributed by atoms with Crippen LogP contribution in [0.4, 0.5) is 39.7 Å². The first-order chi connectivity index (χ1) is 18.7. The first kappa shape index (κ1) is 24.3. The summed E-state index contributed by atoms with van der Waals surface area (Å²) < 4.78 is 61.6. The van der Waals surface area contributed by atoms with Crippen molar-refractivity contribution < 1.29 is 26.9 Å². The van der Waals surface area contributed by atoms with E-state index in [2.05, 4.69) is 30.7 Å². The Morgan fingerprint density at radius 1 is 1.08 bits per heavy atom. The molecule has 5 aromatic rings. The van der Waals surface area contributed by atoms with Crippen molar-refractivity contribution >= 4 is 34.5 Å². The van der Waals surface area contributed by atoms with Crippen LogP contribution in [0.25, 0.3) is 27.8 Å². The lowest BCUT2D eigenvalue weighted by atomic mass is 10.0. The molecule has 0 bridgehead atoms. The summed E-state index contributed by atoms with van der Waals surface area (Å²) in [6.07, 6.45) is 1.63. The largest absolute Gasteiger partial charge is 0.400 e. The SMILES string of the molecule is Nc1ncnc2c1c(-c1ccc(NC(=O)Nc3cc(C4(C(F)(F)F)CC4)no3)c(F)c1)cn2-c1ccncc1. The van der Waals surface area contributed by atoms with Crippen molar-refractivity contribution in [1.29, 1.82) is 0 Å². The third kappa shape index (κ3) is 4.19. The third-order valence-corrected chi connectivity index (χ3v) is 6.61. The monoisotopic (exact) mass is 538 g/mol. The summed E-state index contributed by atoms with van der Waals surface area (Å²) in [6, 6.07) is 7.77.